The minimum absolute atomic E-state index is 0.0629. The number of halogens is 1. The molecule has 30 heavy (non-hydrogen) atoms. The number of hydrogen-bond donors (Lipinski definition) is 2. The topological polar surface area (TPSA) is 70.7 Å². The van der Waals surface area contributed by atoms with E-state index in [9.17, 15) is 14.0 Å². The third kappa shape index (κ3) is 6.03. The lowest BCUT2D eigenvalue weighted by molar-refractivity contribution is -0.120. The van der Waals surface area contributed by atoms with Crippen molar-refractivity contribution < 1.29 is 18.7 Å². The van der Waals surface area contributed by atoms with Gasteiger partial charge in [0.1, 0.15) is 11.6 Å². The molecular weight excluding hydrogens is 385 g/mol. The summed E-state index contributed by atoms with van der Waals surface area (Å²) in [5, 5.41) is 5.51. The van der Waals surface area contributed by atoms with Crippen molar-refractivity contribution in [3.05, 3.63) is 65.5 Å². The van der Waals surface area contributed by atoms with E-state index in [2.05, 4.69) is 15.5 Å². The summed E-state index contributed by atoms with van der Waals surface area (Å²) in [7, 11) is 1.64. The molecule has 160 valence electrons. The second kappa shape index (κ2) is 10.7. The van der Waals surface area contributed by atoms with E-state index in [0.717, 1.165) is 37.2 Å². The maximum absolute atomic E-state index is 13.0. The van der Waals surface area contributed by atoms with Crippen LogP contribution in [-0.4, -0.2) is 50.0 Å². The van der Waals surface area contributed by atoms with Crippen LogP contribution in [0.15, 0.2) is 48.5 Å². The molecule has 2 aromatic carbocycles. The zero-order valence-corrected chi connectivity index (χ0v) is 17.2. The summed E-state index contributed by atoms with van der Waals surface area (Å²) in [6.45, 7) is 2.31. The summed E-state index contributed by atoms with van der Waals surface area (Å²) in [6, 6.07) is 13.2. The molecule has 1 atom stereocenters. The Morgan fingerprint density at radius 3 is 2.30 bits per heavy atom. The molecule has 3 rings (SSSR count). The van der Waals surface area contributed by atoms with Gasteiger partial charge < -0.3 is 15.4 Å². The molecule has 1 heterocycles. The van der Waals surface area contributed by atoms with Gasteiger partial charge in [0.25, 0.3) is 5.91 Å². The first-order chi connectivity index (χ1) is 14.6. The van der Waals surface area contributed by atoms with Crippen LogP contribution < -0.4 is 15.4 Å². The number of hydrogen-bond acceptors (Lipinski definition) is 4. The largest absolute Gasteiger partial charge is 0.497 e. The monoisotopic (exact) mass is 413 g/mol. The first-order valence-corrected chi connectivity index (χ1v) is 10.3. The number of piperidine rings is 1. The van der Waals surface area contributed by atoms with Crippen LogP contribution in [0, 0.1) is 5.82 Å². The second-order valence-electron chi connectivity index (χ2n) is 7.38. The van der Waals surface area contributed by atoms with Gasteiger partial charge in [-0.2, -0.15) is 0 Å². The molecule has 1 aliphatic rings. The van der Waals surface area contributed by atoms with E-state index < -0.39 is 11.7 Å². The summed E-state index contributed by atoms with van der Waals surface area (Å²) in [4.78, 5) is 26.8. The molecule has 0 bridgehead atoms. The Hall–Kier alpha value is -2.93. The molecule has 2 N–H and O–H groups in total. The van der Waals surface area contributed by atoms with Gasteiger partial charge in [-0.05, 0) is 67.9 Å². The van der Waals surface area contributed by atoms with Gasteiger partial charge in [0, 0.05) is 12.1 Å². The predicted octanol–water partition coefficient (Wildman–Crippen LogP) is 2.91. The lowest BCUT2D eigenvalue weighted by Crippen LogP contribution is -2.43. The second-order valence-corrected chi connectivity index (χ2v) is 7.38. The van der Waals surface area contributed by atoms with Crippen molar-refractivity contribution in [3.8, 4) is 5.75 Å². The average Bonchev–Trinajstić information content (AvgIpc) is 2.79. The lowest BCUT2D eigenvalue weighted by atomic mass is 10.0. The van der Waals surface area contributed by atoms with Gasteiger partial charge in [0.15, 0.2) is 0 Å². The molecular formula is C23H28FN3O3. The molecule has 0 aliphatic carbocycles. The van der Waals surface area contributed by atoms with Crippen LogP contribution in [0.1, 0.15) is 41.2 Å². The molecule has 6 nitrogen and oxygen atoms in total. The fourth-order valence-electron chi connectivity index (χ4n) is 3.65. The predicted molar refractivity (Wildman–Crippen MR) is 113 cm³/mol. The summed E-state index contributed by atoms with van der Waals surface area (Å²) in [5.74, 6) is -0.288. The van der Waals surface area contributed by atoms with Gasteiger partial charge in [0.2, 0.25) is 5.91 Å². The fraction of sp³-hybridized carbons (Fsp3) is 0.391. The molecule has 1 unspecified atom stereocenters. The first kappa shape index (κ1) is 21.8. The third-order valence-corrected chi connectivity index (χ3v) is 5.34. The third-order valence-electron chi connectivity index (χ3n) is 5.34. The highest BCUT2D eigenvalue weighted by atomic mass is 19.1. The fourth-order valence-corrected chi connectivity index (χ4v) is 3.65. The van der Waals surface area contributed by atoms with Crippen molar-refractivity contribution >= 4 is 11.8 Å². The number of methoxy groups -OCH3 is 1. The SMILES string of the molecule is COc1ccc(C(CNC(=O)CNC(=O)c2ccc(F)cc2)N2CCCCC2)cc1. The molecule has 7 heteroatoms. The van der Waals surface area contributed by atoms with Crippen LogP contribution >= 0.6 is 0 Å². The maximum Gasteiger partial charge on any atom is 0.251 e. The molecule has 1 aliphatic heterocycles. The summed E-state index contributed by atoms with van der Waals surface area (Å²) >= 11 is 0. The number of carbonyl (C=O) groups is 2. The minimum Gasteiger partial charge on any atom is -0.497 e. The number of nitrogens with one attached hydrogen (secondary N) is 2. The Bertz CT molecular complexity index is 834. The average molecular weight is 413 g/mol. The van der Waals surface area contributed by atoms with Crippen LogP contribution in [0.5, 0.6) is 5.75 Å². The molecule has 0 spiro atoms. The maximum atomic E-state index is 13.0. The van der Waals surface area contributed by atoms with Gasteiger partial charge in [-0.3, -0.25) is 14.5 Å². The molecule has 2 aromatic rings. The van der Waals surface area contributed by atoms with E-state index >= 15 is 0 Å². The van der Waals surface area contributed by atoms with Crippen LogP contribution in [0.4, 0.5) is 4.39 Å². The van der Waals surface area contributed by atoms with E-state index in [1.54, 1.807) is 7.11 Å². The van der Waals surface area contributed by atoms with Crippen LogP contribution in [0.2, 0.25) is 0 Å². The zero-order valence-electron chi connectivity index (χ0n) is 17.2. The number of amides is 2. The van der Waals surface area contributed by atoms with Crippen molar-refractivity contribution in [2.24, 2.45) is 0 Å². The van der Waals surface area contributed by atoms with Crippen LogP contribution in [0.3, 0.4) is 0 Å². The highest BCUT2D eigenvalue weighted by Gasteiger charge is 2.23. The van der Waals surface area contributed by atoms with Gasteiger partial charge in [-0.25, -0.2) is 4.39 Å². The van der Waals surface area contributed by atoms with Crippen LogP contribution in [0.25, 0.3) is 0 Å². The Kier molecular flexibility index (Phi) is 7.79. The smallest absolute Gasteiger partial charge is 0.251 e. The van der Waals surface area contributed by atoms with E-state index in [1.807, 2.05) is 24.3 Å². The zero-order chi connectivity index (χ0) is 21.3. The Morgan fingerprint density at radius 1 is 1.00 bits per heavy atom. The number of likely N-dealkylation sites (tertiary alicyclic amines) is 1. The normalized spacial score (nSPS) is 15.3. The first-order valence-electron chi connectivity index (χ1n) is 10.3. The highest BCUT2D eigenvalue weighted by molar-refractivity contribution is 5.96. The standard InChI is InChI=1S/C23H28FN3O3/c1-30-20-11-7-17(8-12-20)21(27-13-3-2-4-14-27)15-25-22(28)16-26-23(29)18-5-9-19(24)10-6-18/h5-12,21H,2-4,13-16H2,1H3,(H,25,28)(H,26,29). The quantitative estimate of drug-likeness (QED) is 0.698. The van der Waals surface area contributed by atoms with Crippen molar-refractivity contribution in [1.29, 1.82) is 0 Å². The minimum atomic E-state index is -0.411. The van der Waals surface area contributed by atoms with Gasteiger partial charge in [-0.15, -0.1) is 0 Å². The van der Waals surface area contributed by atoms with E-state index in [0.29, 0.717) is 12.1 Å². The lowest BCUT2D eigenvalue weighted by Gasteiger charge is -2.35. The van der Waals surface area contributed by atoms with Crippen molar-refractivity contribution in [3.63, 3.8) is 0 Å². The Morgan fingerprint density at radius 2 is 1.67 bits per heavy atom. The van der Waals surface area contributed by atoms with E-state index in [1.165, 1.54) is 30.7 Å². The van der Waals surface area contributed by atoms with E-state index in [-0.39, 0.29) is 18.5 Å². The highest BCUT2D eigenvalue weighted by Crippen LogP contribution is 2.25. The molecule has 2 amide bonds. The van der Waals surface area contributed by atoms with Crippen molar-refractivity contribution in [2.75, 3.05) is 33.3 Å². The van der Waals surface area contributed by atoms with Gasteiger partial charge in [0.05, 0.1) is 19.7 Å². The number of ether oxygens (including phenoxy) is 1. The summed E-state index contributed by atoms with van der Waals surface area (Å²) < 4.78 is 18.2. The van der Waals surface area contributed by atoms with Gasteiger partial charge in [-0.1, -0.05) is 18.6 Å². The Balaban J connectivity index is 1.56. The molecule has 0 saturated carbocycles. The number of carbonyl (C=O) groups excluding carboxylic acids is 2. The Labute approximate surface area is 176 Å². The van der Waals surface area contributed by atoms with E-state index in [4.69, 9.17) is 4.74 Å². The van der Waals surface area contributed by atoms with Crippen LogP contribution in [-0.2, 0) is 4.79 Å². The molecule has 0 aromatic heterocycles. The summed E-state index contributed by atoms with van der Waals surface area (Å²) in [6.07, 6.45) is 3.52. The molecule has 0 radical (unpaired) electrons. The number of rotatable bonds is 8. The van der Waals surface area contributed by atoms with Gasteiger partial charge >= 0.3 is 0 Å². The van der Waals surface area contributed by atoms with Crippen molar-refractivity contribution in [2.45, 2.75) is 25.3 Å². The molecule has 1 fully saturated rings. The summed E-state index contributed by atoms with van der Waals surface area (Å²) in [5.41, 5.74) is 1.43. The number of nitrogens with zero attached hydrogens (tertiary/aromatic N) is 1. The molecule has 1 saturated heterocycles. The van der Waals surface area contributed by atoms with Crippen molar-refractivity contribution in [1.82, 2.24) is 15.5 Å². The number of benzene rings is 2.